The van der Waals surface area contributed by atoms with E-state index in [0.717, 1.165) is 11.3 Å². The van der Waals surface area contributed by atoms with E-state index >= 15 is 0 Å². The molecule has 0 saturated carbocycles. The molecule has 0 bridgehead atoms. The fourth-order valence-electron chi connectivity index (χ4n) is 3.29. The highest BCUT2D eigenvalue weighted by molar-refractivity contribution is 5.92. The molecule has 7 nitrogen and oxygen atoms in total. The SMILES string of the molecule is CC(=O)N1CCN(C(=O)c2ccnc(Nc3ccccc3C(C)(C)C)n2)CC1. The minimum atomic E-state index is -0.141. The number of piperazine rings is 1. The molecule has 1 aromatic carbocycles. The molecule has 0 aliphatic carbocycles. The van der Waals surface area contributed by atoms with Gasteiger partial charge in [0.05, 0.1) is 0 Å². The molecule has 0 spiro atoms. The van der Waals surface area contributed by atoms with Crippen LogP contribution in [0.15, 0.2) is 36.5 Å². The van der Waals surface area contributed by atoms with E-state index in [4.69, 9.17) is 0 Å². The molecule has 1 aliphatic rings. The Morgan fingerprint density at radius 2 is 1.64 bits per heavy atom. The van der Waals surface area contributed by atoms with E-state index in [0.29, 0.717) is 37.8 Å². The van der Waals surface area contributed by atoms with Gasteiger partial charge in [0, 0.05) is 45.0 Å². The van der Waals surface area contributed by atoms with E-state index in [9.17, 15) is 9.59 Å². The number of carbonyl (C=O) groups excluding carboxylic acids is 2. The first-order chi connectivity index (χ1) is 13.3. The number of rotatable bonds is 3. The van der Waals surface area contributed by atoms with Crippen molar-refractivity contribution >= 4 is 23.5 Å². The Morgan fingerprint density at radius 1 is 1.00 bits per heavy atom. The maximum absolute atomic E-state index is 12.8. The fraction of sp³-hybridized carbons (Fsp3) is 0.429. The van der Waals surface area contributed by atoms with Crippen LogP contribution in [0.4, 0.5) is 11.6 Å². The summed E-state index contributed by atoms with van der Waals surface area (Å²) in [5, 5.41) is 3.25. The van der Waals surface area contributed by atoms with Crippen LogP contribution in [0.5, 0.6) is 0 Å². The molecule has 0 radical (unpaired) electrons. The molecule has 1 aliphatic heterocycles. The van der Waals surface area contributed by atoms with Gasteiger partial charge in [-0.2, -0.15) is 0 Å². The molecule has 1 N–H and O–H groups in total. The van der Waals surface area contributed by atoms with Gasteiger partial charge in [-0.05, 0) is 23.1 Å². The summed E-state index contributed by atoms with van der Waals surface area (Å²) in [4.78, 5) is 36.4. The predicted molar refractivity (Wildman–Crippen MR) is 109 cm³/mol. The summed E-state index contributed by atoms with van der Waals surface area (Å²) in [6.45, 7) is 10.1. The van der Waals surface area contributed by atoms with Crippen LogP contribution in [-0.2, 0) is 10.2 Å². The molecule has 3 rings (SSSR count). The van der Waals surface area contributed by atoms with Gasteiger partial charge < -0.3 is 15.1 Å². The fourth-order valence-corrected chi connectivity index (χ4v) is 3.29. The lowest BCUT2D eigenvalue weighted by Gasteiger charge is -2.34. The number of aromatic nitrogens is 2. The number of hydrogen-bond acceptors (Lipinski definition) is 5. The number of hydrogen-bond donors (Lipinski definition) is 1. The lowest BCUT2D eigenvalue weighted by molar-refractivity contribution is -0.130. The molecule has 28 heavy (non-hydrogen) atoms. The van der Waals surface area contributed by atoms with Gasteiger partial charge in [0.2, 0.25) is 11.9 Å². The minimum Gasteiger partial charge on any atom is -0.339 e. The first-order valence-corrected chi connectivity index (χ1v) is 9.50. The van der Waals surface area contributed by atoms with Crippen molar-refractivity contribution < 1.29 is 9.59 Å². The van der Waals surface area contributed by atoms with Gasteiger partial charge in [0.1, 0.15) is 5.69 Å². The van der Waals surface area contributed by atoms with Gasteiger partial charge in [-0.1, -0.05) is 39.0 Å². The van der Waals surface area contributed by atoms with Crippen molar-refractivity contribution in [3.8, 4) is 0 Å². The monoisotopic (exact) mass is 381 g/mol. The molecule has 7 heteroatoms. The van der Waals surface area contributed by atoms with Gasteiger partial charge in [0.25, 0.3) is 5.91 Å². The number of nitrogens with zero attached hydrogens (tertiary/aromatic N) is 4. The third-order valence-electron chi connectivity index (χ3n) is 4.87. The summed E-state index contributed by atoms with van der Waals surface area (Å²) in [5.74, 6) is 0.292. The number of amides is 2. The zero-order valence-corrected chi connectivity index (χ0v) is 16.9. The quantitative estimate of drug-likeness (QED) is 0.884. The van der Waals surface area contributed by atoms with Crippen LogP contribution in [0.1, 0.15) is 43.7 Å². The van der Waals surface area contributed by atoms with E-state index in [1.165, 1.54) is 0 Å². The first kappa shape index (κ1) is 19.8. The Morgan fingerprint density at radius 3 is 2.29 bits per heavy atom. The van der Waals surface area contributed by atoms with Crippen molar-refractivity contribution in [2.24, 2.45) is 0 Å². The van der Waals surface area contributed by atoms with Gasteiger partial charge >= 0.3 is 0 Å². The van der Waals surface area contributed by atoms with Crippen molar-refractivity contribution in [1.29, 1.82) is 0 Å². The Labute approximate surface area is 165 Å². The number of benzene rings is 1. The standard InChI is InChI=1S/C21H27N5O2/c1-15(27)25-11-13-26(14-12-25)19(28)18-9-10-22-20(24-18)23-17-8-6-5-7-16(17)21(2,3)4/h5-10H,11-14H2,1-4H3,(H,22,23,24). The van der Waals surface area contributed by atoms with Crippen LogP contribution in [0.25, 0.3) is 0 Å². The zero-order chi connectivity index (χ0) is 20.3. The van der Waals surface area contributed by atoms with Crippen molar-refractivity contribution in [2.75, 3.05) is 31.5 Å². The molecule has 1 aromatic heterocycles. The van der Waals surface area contributed by atoms with E-state index in [1.807, 2.05) is 18.2 Å². The Balaban J connectivity index is 1.75. The summed E-state index contributed by atoms with van der Waals surface area (Å²) in [6.07, 6.45) is 1.59. The van der Waals surface area contributed by atoms with Crippen molar-refractivity contribution in [3.63, 3.8) is 0 Å². The molecule has 2 aromatic rings. The lowest BCUT2D eigenvalue weighted by atomic mass is 9.86. The average Bonchev–Trinajstić information content (AvgIpc) is 2.67. The molecule has 148 valence electrons. The van der Waals surface area contributed by atoms with E-state index < -0.39 is 0 Å². The minimum absolute atomic E-state index is 0.0343. The summed E-state index contributed by atoms with van der Waals surface area (Å²) in [5.41, 5.74) is 2.39. The van der Waals surface area contributed by atoms with Gasteiger partial charge in [-0.15, -0.1) is 0 Å². The maximum atomic E-state index is 12.8. The van der Waals surface area contributed by atoms with Crippen LogP contribution >= 0.6 is 0 Å². The van der Waals surface area contributed by atoms with Gasteiger partial charge in [-0.3, -0.25) is 9.59 Å². The molecule has 2 heterocycles. The maximum Gasteiger partial charge on any atom is 0.272 e. The summed E-state index contributed by atoms with van der Waals surface area (Å²) in [7, 11) is 0. The van der Waals surface area contributed by atoms with Crippen LogP contribution in [0.3, 0.4) is 0 Å². The molecular weight excluding hydrogens is 354 g/mol. The van der Waals surface area contributed by atoms with Crippen molar-refractivity contribution in [1.82, 2.24) is 19.8 Å². The van der Waals surface area contributed by atoms with Gasteiger partial charge in [0.15, 0.2) is 0 Å². The second-order valence-electron chi connectivity index (χ2n) is 7.98. The Hall–Kier alpha value is -2.96. The second kappa shape index (κ2) is 7.96. The lowest BCUT2D eigenvalue weighted by Crippen LogP contribution is -2.50. The molecule has 1 fully saturated rings. The van der Waals surface area contributed by atoms with Crippen molar-refractivity contribution in [3.05, 3.63) is 47.8 Å². The first-order valence-electron chi connectivity index (χ1n) is 9.50. The smallest absolute Gasteiger partial charge is 0.272 e. The van der Waals surface area contributed by atoms with E-state index in [2.05, 4.69) is 42.1 Å². The second-order valence-corrected chi connectivity index (χ2v) is 7.98. The highest BCUT2D eigenvalue weighted by atomic mass is 16.2. The van der Waals surface area contributed by atoms with Gasteiger partial charge in [-0.25, -0.2) is 9.97 Å². The summed E-state index contributed by atoms with van der Waals surface area (Å²) >= 11 is 0. The third-order valence-corrected chi connectivity index (χ3v) is 4.87. The summed E-state index contributed by atoms with van der Waals surface area (Å²) in [6, 6.07) is 9.65. The van der Waals surface area contributed by atoms with Crippen LogP contribution in [-0.4, -0.2) is 57.8 Å². The molecule has 0 unspecified atom stereocenters. The Bertz CT molecular complexity index is 867. The Kier molecular flexibility index (Phi) is 5.63. The van der Waals surface area contributed by atoms with E-state index in [-0.39, 0.29) is 17.2 Å². The van der Waals surface area contributed by atoms with Crippen LogP contribution in [0, 0.1) is 0 Å². The highest BCUT2D eigenvalue weighted by Crippen LogP contribution is 2.30. The average molecular weight is 381 g/mol. The normalized spacial score (nSPS) is 14.7. The van der Waals surface area contributed by atoms with Crippen LogP contribution in [0.2, 0.25) is 0 Å². The van der Waals surface area contributed by atoms with Crippen LogP contribution < -0.4 is 5.32 Å². The topological polar surface area (TPSA) is 78.4 Å². The van der Waals surface area contributed by atoms with E-state index in [1.54, 1.807) is 29.0 Å². The number of carbonyl (C=O) groups is 2. The highest BCUT2D eigenvalue weighted by Gasteiger charge is 2.24. The third kappa shape index (κ3) is 4.47. The van der Waals surface area contributed by atoms with Crippen molar-refractivity contribution in [2.45, 2.75) is 33.1 Å². The number of anilines is 2. The predicted octanol–water partition coefficient (Wildman–Crippen LogP) is 2.82. The molecule has 1 saturated heterocycles. The summed E-state index contributed by atoms with van der Waals surface area (Å²) < 4.78 is 0. The zero-order valence-electron chi connectivity index (χ0n) is 16.9. The largest absolute Gasteiger partial charge is 0.339 e. The number of nitrogens with one attached hydrogen (secondary N) is 1. The number of para-hydroxylation sites is 1. The molecule has 0 atom stereocenters. The molecular formula is C21H27N5O2. The molecule has 2 amide bonds.